The van der Waals surface area contributed by atoms with Gasteiger partial charge >= 0.3 is 0 Å². The Balaban J connectivity index is 1.17. The molecule has 1 atom stereocenters. The highest BCUT2D eigenvalue weighted by Crippen LogP contribution is 2.33. The number of aromatic nitrogens is 3. The summed E-state index contributed by atoms with van der Waals surface area (Å²) in [4.78, 5) is 41.0. The van der Waals surface area contributed by atoms with Crippen LogP contribution in [-0.4, -0.2) is 32.3 Å². The van der Waals surface area contributed by atoms with Crippen molar-refractivity contribution >= 4 is 81.3 Å². The first-order chi connectivity index (χ1) is 28.5. The Morgan fingerprint density at radius 2 is 1.29 bits per heavy atom. The van der Waals surface area contributed by atoms with Crippen LogP contribution in [0.25, 0.3) is 11.4 Å². The lowest BCUT2D eigenvalue weighted by atomic mass is 10.0. The molecule has 0 aliphatic carbocycles. The van der Waals surface area contributed by atoms with Gasteiger partial charge in [-0.2, -0.15) is 0 Å². The van der Waals surface area contributed by atoms with Gasteiger partial charge in [-0.3, -0.25) is 19.5 Å². The van der Waals surface area contributed by atoms with Crippen molar-refractivity contribution < 1.29 is 14.3 Å². The molecule has 0 saturated carbocycles. The first-order valence-corrected chi connectivity index (χ1v) is 22.4. The Morgan fingerprint density at radius 1 is 0.695 bits per heavy atom. The highest BCUT2D eigenvalue weighted by Gasteiger charge is 2.24. The number of carbonyl (C=O) groups excluding carboxylic acids is 2. The number of aromatic amines is 1. The van der Waals surface area contributed by atoms with E-state index in [1.165, 1.54) is 118 Å². The highest BCUT2D eigenvalue weighted by atomic mass is 35.5. The smallest absolute Gasteiger partial charge is 0.297 e. The maximum atomic E-state index is 13.8. The van der Waals surface area contributed by atoms with Gasteiger partial charge in [-0.25, -0.2) is 4.68 Å². The molecule has 59 heavy (non-hydrogen) atoms. The van der Waals surface area contributed by atoms with Crippen LogP contribution in [0.4, 0.5) is 11.5 Å². The first kappa shape index (κ1) is 46.2. The van der Waals surface area contributed by atoms with Gasteiger partial charge in [0.05, 0.1) is 20.1 Å². The molecule has 14 heteroatoms. The standard InChI is InChI=1S/C45H52Cl5N5O4/c1-3-5-6-7-8-9-10-11-12-13-14-15-16-19-30-20-17-23-34(24-30)59-39(4-2)44(57)51-33-22-18-21-31(25-33)43(56)52-42-41(54-28-37(49)38(50)29-54)45(58)55(53-42)40-35(47)26-32(46)27-36(40)48/h17-18,20-29,39,53H,3-16,19H2,1-2H3,(H,51,57)(H,52,56). The first-order valence-electron chi connectivity index (χ1n) is 20.5. The van der Waals surface area contributed by atoms with Crippen molar-refractivity contribution in [2.24, 2.45) is 0 Å². The minimum atomic E-state index is -0.766. The van der Waals surface area contributed by atoms with E-state index in [4.69, 9.17) is 62.7 Å². The number of carbonyl (C=O) groups is 2. The number of benzene rings is 3. The molecule has 5 rings (SSSR count). The van der Waals surface area contributed by atoms with Crippen molar-refractivity contribution in [1.82, 2.24) is 14.3 Å². The quantitative estimate of drug-likeness (QED) is 0.0567. The molecular weight excluding hydrogens is 852 g/mol. The Bertz CT molecular complexity index is 2190. The van der Waals surface area contributed by atoms with Crippen LogP contribution in [0.2, 0.25) is 25.1 Å². The lowest BCUT2D eigenvalue weighted by Gasteiger charge is -2.18. The molecule has 2 aromatic heterocycles. The fraction of sp³-hybridized carbons (Fsp3) is 0.400. The third kappa shape index (κ3) is 13.3. The molecule has 5 aromatic rings. The molecule has 0 aliphatic rings. The highest BCUT2D eigenvalue weighted by molar-refractivity contribution is 6.42. The van der Waals surface area contributed by atoms with Crippen LogP contribution in [0.3, 0.4) is 0 Å². The number of amides is 2. The van der Waals surface area contributed by atoms with Gasteiger partial charge in [-0.05, 0) is 67.3 Å². The maximum Gasteiger partial charge on any atom is 0.297 e. The molecule has 3 aromatic carbocycles. The number of ether oxygens (including phenoxy) is 1. The van der Waals surface area contributed by atoms with E-state index in [9.17, 15) is 14.4 Å². The summed E-state index contributed by atoms with van der Waals surface area (Å²) in [6.45, 7) is 4.14. The third-order valence-corrected chi connectivity index (χ3v) is 11.6. The number of aryl methyl sites for hydroxylation is 1. The topological polar surface area (TPSA) is 110 Å². The second kappa shape index (κ2) is 23.2. The average Bonchev–Trinajstić information content (AvgIpc) is 3.70. The van der Waals surface area contributed by atoms with Crippen LogP contribution >= 0.6 is 58.0 Å². The second-order valence-electron chi connectivity index (χ2n) is 14.7. The summed E-state index contributed by atoms with van der Waals surface area (Å²) in [6, 6.07) is 17.2. The van der Waals surface area contributed by atoms with Crippen molar-refractivity contribution in [2.75, 3.05) is 10.6 Å². The molecule has 3 N–H and O–H groups in total. The molecule has 9 nitrogen and oxygen atoms in total. The SMILES string of the molecule is CCCCCCCCCCCCCCCc1cccc(OC(CC)C(=O)Nc2cccc(C(=O)Nc3[nH]n(-c4c(Cl)cc(Cl)cc4Cl)c(=O)c3-n3cc(Cl)c(Cl)c3)c2)c1. The van der Waals surface area contributed by atoms with Gasteiger partial charge in [0.25, 0.3) is 17.4 Å². The van der Waals surface area contributed by atoms with E-state index in [2.05, 4.69) is 28.7 Å². The van der Waals surface area contributed by atoms with Gasteiger partial charge in [-0.1, -0.05) is 167 Å². The second-order valence-corrected chi connectivity index (χ2v) is 16.8. The number of hydrogen-bond acceptors (Lipinski definition) is 4. The summed E-state index contributed by atoms with van der Waals surface area (Å²) in [5, 5.41) is 9.37. The zero-order chi connectivity index (χ0) is 42.3. The van der Waals surface area contributed by atoms with Crippen molar-refractivity contribution in [3.8, 4) is 17.1 Å². The summed E-state index contributed by atoms with van der Waals surface area (Å²) in [5.74, 6) is -0.308. The number of anilines is 2. The number of nitrogens with one attached hydrogen (secondary N) is 3. The number of halogens is 5. The maximum absolute atomic E-state index is 13.8. The van der Waals surface area contributed by atoms with Crippen molar-refractivity contribution in [3.63, 3.8) is 0 Å². The summed E-state index contributed by atoms with van der Waals surface area (Å²) < 4.78 is 8.65. The van der Waals surface area contributed by atoms with Gasteiger partial charge in [0.15, 0.2) is 17.6 Å². The number of H-pyrrole nitrogens is 1. The molecule has 0 saturated heterocycles. The predicted molar refractivity (Wildman–Crippen MR) is 244 cm³/mol. The molecule has 0 spiro atoms. The molecule has 2 amide bonds. The summed E-state index contributed by atoms with van der Waals surface area (Å²) in [6.07, 6.45) is 20.6. The van der Waals surface area contributed by atoms with E-state index in [-0.39, 0.29) is 53.8 Å². The Labute approximate surface area is 371 Å². The molecule has 1 unspecified atom stereocenters. The molecule has 316 valence electrons. The van der Waals surface area contributed by atoms with Gasteiger partial charge in [0, 0.05) is 28.7 Å². The van der Waals surface area contributed by atoms with Crippen LogP contribution in [-0.2, 0) is 11.2 Å². The van der Waals surface area contributed by atoms with Gasteiger partial charge < -0.3 is 19.9 Å². The molecule has 0 aliphatic heterocycles. The minimum absolute atomic E-state index is 0.00406. The van der Waals surface area contributed by atoms with Crippen LogP contribution in [0.1, 0.15) is 120 Å². The van der Waals surface area contributed by atoms with E-state index in [0.717, 1.165) is 17.5 Å². The van der Waals surface area contributed by atoms with Crippen LogP contribution in [0.5, 0.6) is 5.75 Å². The molecule has 2 heterocycles. The number of unbranched alkanes of at least 4 members (excludes halogenated alkanes) is 12. The van der Waals surface area contributed by atoms with Crippen LogP contribution in [0, 0.1) is 0 Å². The normalized spacial score (nSPS) is 11.8. The summed E-state index contributed by atoms with van der Waals surface area (Å²) in [7, 11) is 0. The van der Waals surface area contributed by atoms with Gasteiger partial charge in [-0.15, -0.1) is 0 Å². The van der Waals surface area contributed by atoms with E-state index in [0.29, 0.717) is 17.9 Å². The fourth-order valence-corrected chi connectivity index (χ4v) is 8.24. The predicted octanol–water partition coefficient (Wildman–Crippen LogP) is 13.9. The molecule has 0 fully saturated rings. The lowest BCUT2D eigenvalue weighted by molar-refractivity contribution is -0.122. The Kier molecular flexibility index (Phi) is 18.2. The summed E-state index contributed by atoms with van der Waals surface area (Å²) >= 11 is 31.4. The van der Waals surface area contributed by atoms with E-state index < -0.39 is 17.6 Å². The lowest BCUT2D eigenvalue weighted by Crippen LogP contribution is -2.32. The molecular formula is C45H52Cl5N5O4. The van der Waals surface area contributed by atoms with Crippen LogP contribution in [0.15, 0.2) is 77.9 Å². The summed E-state index contributed by atoms with van der Waals surface area (Å²) in [5.41, 5.74) is 1.25. The van der Waals surface area contributed by atoms with E-state index in [1.807, 2.05) is 25.1 Å². The Hall–Kier alpha value is -3.86. The number of hydrogen-bond donors (Lipinski definition) is 3. The van der Waals surface area contributed by atoms with Crippen molar-refractivity contribution in [1.29, 1.82) is 0 Å². The minimum Gasteiger partial charge on any atom is -0.481 e. The van der Waals surface area contributed by atoms with E-state index in [1.54, 1.807) is 18.2 Å². The Morgan fingerprint density at radius 3 is 1.90 bits per heavy atom. The number of nitrogens with zero attached hydrogens (tertiary/aromatic N) is 2. The monoisotopic (exact) mass is 901 g/mol. The van der Waals surface area contributed by atoms with Crippen molar-refractivity contribution in [2.45, 2.75) is 116 Å². The van der Waals surface area contributed by atoms with E-state index >= 15 is 0 Å². The van der Waals surface area contributed by atoms with Crippen LogP contribution < -0.4 is 20.9 Å². The molecule has 0 bridgehead atoms. The third-order valence-electron chi connectivity index (χ3n) is 10.1. The molecule has 0 radical (unpaired) electrons. The van der Waals surface area contributed by atoms with Gasteiger partial charge in [0.1, 0.15) is 11.4 Å². The zero-order valence-corrected chi connectivity index (χ0v) is 37.3. The fourth-order valence-electron chi connectivity index (χ4n) is 6.95. The number of rotatable bonds is 23. The average molecular weight is 904 g/mol. The van der Waals surface area contributed by atoms with Crippen molar-refractivity contribution in [3.05, 3.63) is 120 Å². The largest absolute Gasteiger partial charge is 0.481 e. The zero-order valence-electron chi connectivity index (χ0n) is 33.5. The van der Waals surface area contributed by atoms with Gasteiger partial charge in [0.2, 0.25) is 0 Å².